The van der Waals surface area contributed by atoms with Crippen molar-refractivity contribution in [2.24, 2.45) is 0 Å². The first kappa shape index (κ1) is 14.8. The van der Waals surface area contributed by atoms with Gasteiger partial charge in [-0.15, -0.1) is 0 Å². The highest BCUT2D eigenvalue weighted by Crippen LogP contribution is 2.31. The molecule has 0 bridgehead atoms. The molecular weight excluding hydrogens is 247 g/mol. The van der Waals surface area contributed by atoms with E-state index >= 15 is 0 Å². The first-order valence-corrected chi connectivity index (χ1v) is 7.32. The number of hydrogen-bond donors (Lipinski definition) is 1. The van der Waals surface area contributed by atoms with Crippen molar-refractivity contribution in [3.63, 3.8) is 0 Å². The molecule has 0 aliphatic carbocycles. The van der Waals surface area contributed by atoms with E-state index < -0.39 is 5.82 Å². The maximum Gasteiger partial charge on any atom is 0.143 e. The van der Waals surface area contributed by atoms with Gasteiger partial charge >= 0.3 is 0 Å². The Morgan fingerprint density at radius 1 is 1.39 bits per heavy atom. The SMILES string of the molecule is CCC(CC)(CNc1cccc(F)c1C#N)SC. The van der Waals surface area contributed by atoms with Crippen LogP contribution < -0.4 is 5.32 Å². The van der Waals surface area contributed by atoms with Gasteiger partial charge in [0.1, 0.15) is 17.4 Å². The smallest absolute Gasteiger partial charge is 0.143 e. The predicted molar refractivity (Wildman–Crippen MR) is 76.4 cm³/mol. The third kappa shape index (κ3) is 3.17. The summed E-state index contributed by atoms with van der Waals surface area (Å²) >= 11 is 1.82. The summed E-state index contributed by atoms with van der Waals surface area (Å²) in [5.41, 5.74) is 0.678. The molecule has 1 rings (SSSR count). The lowest BCUT2D eigenvalue weighted by Gasteiger charge is -2.30. The van der Waals surface area contributed by atoms with Crippen LogP contribution in [-0.4, -0.2) is 17.5 Å². The number of nitrogens with one attached hydrogen (secondary N) is 1. The van der Waals surface area contributed by atoms with E-state index in [1.54, 1.807) is 12.1 Å². The van der Waals surface area contributed by atoms with Crippen molar-refractivity contribution in [3.8, 4) is 6.07 Å². The lowest BCUT2D eigenvalue weighted by atomic mass is 10.0. The average molecular weight is 266 g/mol. The number of nitrogens with zero attached hydrogens (tertiary/aromatic N) is 1. The van der Waals surface area contributed by atoms with Crippen molar-refractivity contribution in [2.45, 2.75) is 31.4 Å². The van der Waals surface area contributed by atoms with Crippen molar-refractivity contribution < 1.29 is 4.39 Å². The molecule has 0 unspecified atom stereocenters. The minimum Gasteiger partial charge on any atom is -0.382 e. The highest BCUT2D eigenvalue weighted by molar-refractivity contribution is 8.00. The van der Waals surface area contributed by atoms with Gasteiger partial charge in [-0.3, -0.25) is 0 Å². The molecule has 2 nitrogen and oxygen atoms in total. The Kier molecular flexibility index (Phi) is 5.49. The summed E-state index contributed by atoms with van der Waals surface area (Å²) in [5.74, 6) is -0.467. The van der Waals surface area contributed by atoms with Crippen LogP contribution in [-0.2, 0) is 0 Å². The Labute approximate surface area is 113 Å². The highest BCUT2D eigenvalue weighted by Gasteiger charge is 2.24. The number of thioether (sulfide) groups is 1. The summed E-state index contributed by atoms with van der Waals surface area (Å²) in [6.45, 7) is 5.04. The average Bonchev–Trinajstić information content (AvgIpc) is 2.41. The Bertz CT molecular complexity index is 428. The Hall–Kier alpha value is -1.21. The molecule has 0 saturated carbocycles. The molecule has 0 saturated heterocycles. The van der Waals surface area contributed by atoms with E-state index in [1.165, 1.54) is 6.07 Å². The monoisotopic (exact) mass is 266 g/mol. The predicted octanol–water partition coefficient (Wildman–Crippen LogP) is 4.03. The van der Waals surface area contributed by atoms with Crippen molar-refractivity contribution in [2.75, 3.05) is 18.1 Å². The minimum atomic E-state index is -0.467. The van der Waals surface area contributed by atoms with Gasteiger partial charge in [-0.25, -0.2) is 4.39 Å². The Morgan fingerprint density at radius 3 is 2.56 bits per heavy atom. The molecule has 0 heterocycles. The van der Waals surface area contributed by atoms with E-state index in [0.29, 0.717) is 5.69 Å². The fourth-order valence-corrected chi connectivity index (χ4v) is 2.70. The molecule has 0 spiro atoms. The summed E-state index contributed by atoms with van der Waals surface area (Å²) in [6.07, 6.45) is 4.16. The van der Waals surface area contributed by atoms with Crippen molar-refractivity contribution in [3.05, 3.63) is 29.6 Å². The molecule has 0 atom stereocenters. The van der Waals surface area contributed by atoms with Gasteiger partial charge < -0.3 is 5.32 Å². The molecule has 18 heavy (non-hydrogen) atoms. The molecule has 0 aliphatic rings. The van der Waals surface area contributed by atoms with Crippen LogP contribution in [0.1, 0.15) is 32.3 Å². The minimum absolute atomic E-state index is 0.0970. The van der Waals surface area contributed by atoms with Gasteiger partial charge in [0.05, 0.1) is 5.69 Å². The molecular formula is C14H19FN2S. The number of hydrogen-bond acceptors (Lipinski definition) is 3. The lowest BCUT2D eigenvalue weighted by molar-refractivity contribution is 0.574. The zero-order chi connectivity index (χ0) is 13.6. The second kappa shape index (κ2) is 6.65. The van der Waals surface area contributed by atoms with Gasteiger partial charge in [0, 0.05) is 11.3 Å². The normalized spacial score (nSPS) is 11.1. The van der Waals surface area contributed by atoms with E-state index in [-0.39, 0.29) is 10.3 Å². The van der Waals surface area contributed by atoms with E-state index in [0.717, 1.165) is 19.4 Å². The van der Waals surface area contributed by atoms with Crippen molar-refractivity contribution >= 4 is 17.4 Å². The molecule has 4 heteroatoms. The Balaban J connectivity index is 2.87. The second-order valence-electron chi connectivity index (χ2n) is 4.22. The fraction of sp³-hybridized carbons (Fsp3) is 0.500. The van der Waals surface area contributed by atoms with Crippen LogP contribution in [0, 0.1) is 17.1 Å². The maximum absolute atomic E-state index is 13.4. The van der Waals surface area contributed by atoms with Gasteiger partial charge in [0.25, 0.3) is 0 Å². The van der Waals surface area contributed by atoms with E-state index in [2.05, 4.69) is 25.4 Å². The zero-order valence-electron chi connectivity index (χ0n) is 11.1. The molecule has 0 amide bonds. The molecule has 1 aromatic rings. The van der Waals surface area contributed by atoms with E-state index in [4.69, 9.17) is 5.26 Å². The molecule has 0 fully saturated rings. The molecule has 1 aromatic carbocycles. The summed E-state index contributed by atoms with van der Waals surface area (Å²) in [7, 11) is 0. The van der Waals surface area contributed by atoms with Gasteiger partial charge in [-0.05, 0) is 31.2 Å². The van der Waals surface area contributed by atoms with Crippen LogP contribution in [0.2, 0.25) is 0 Å². The topological polar surface area (TPSA) is 35.8 Å². The van der Waals surface area contributed by atoms with Gasteiger partial charge in [0.15, 0.2) is 0 Å². The van der Waals surface area contributed by atoms with Gasteiger partial charge in [-0.1, -0.05) is 19.9 Å². The highest BCUT2D eigenvalue weighted by atomic mass is 32.2. The summed E-state index contributed by atoms with van der Waals surface area (Å²) in [4.78, 5) is 0. The molecule has 0 aromatic heterocycles. The van der Waals surface area contributed by atoms with Crippen LogP contribution in [0.5, 0.6) is 0 Å². The number of nitriles is 1. The van der Waals surface area contributed by atoms with Gasteiger partial charge in [0.2, 0.25) is 0 Å². The van der Waals surface area contributed by atoms with Crippen molar-refractivity contribution in [1.29, 1.82) is 5.26 Å². The molecule has 1 N–H and O–H groups in total. The molecule has 0 radical (unpaired) electrons. The number of benzene rings is 1. The number of rotatable bonds is 6. The van der Waals surface area contributed by atoms with E-state index in [9.17, 15) is 4.39 Å². The van der Waals surface area contributed by atoms with Crippen molar-refractivity contribution in [1.82, 2.24) is 0 Å². The first-order valence-electron chi connectivity index (χ1n) is 6.10. The number of halogens is 1. The molecule has 98 valence electrons. The van der Waals surface area contributed by atoms with Crippen LogP contribution in [0.25, 0.3) is 0 Å². The van der Waals surface area contributed by atoms with Crippen LogP contribution in [0.15, 0.2) is 18.2 Å². The van der Waals surface area contributed by atoms with Crippen LogP contribution >= 0.6 is 11.8 Å². The van der Waals surface area contributed by atoms with Crippen LogP contribution in [0.3, 0.4) is 0 Å². The summed E-state index contributed by atoms with van der Waals surface area (Å²) in [6, 6.07) is 6.59. The third-order valence-electron chi connectivity index (χ3n) is 3.45. The largest absolute Gasteiger partial charge is 0.382 e. The first-order chi connectivity index (χ1) is 8.62. The summed E-state index contributed by atoms with van der Waals surface area (Å²) < 4.78 is 13.6. The standard InChI is InChI=1S/C14H19FN2S/c1-4-14(5-2,18-3)10-17-13-8-6-7-12(15)11(13)9-16/h6-8,17H,4-5,10H2,1-3H3. The van der Waals surface area contributed by atoms with Gasteiger partial charge in [-0.2, -0.15) is 17.0 Å². The number of anilines is 1. The lowest BCUT2D eigenvalue weighted by Crippen LogP contribution is -2.32. The quantitative estimate of drug-likeness (QED) is 0.844. The molecule has 0 aliphatic heterocycles. The Morgan fingerprint density at radius 2 is 2.06 bits per heavy atom. The zero-order valence-corrected chi connectivity index (χ0v) is 11.9. The summed E-state index contributed by atoms with van der Waals surface area (Å²) in [5, 5.41) is 12.2. The fourth-order valence-electron chi connectivity index (χ4n) is 1.90. The third-order valence-corrected chi connectivity index (χ3v) is 5.04. The van der Waals surface area contributed by atoms with Crippen LogP contribution in [0.4, 0.5) is 10.1 Å². The maximum atomic E-state index is 13.4. The second-order valence-corrected chi connectivity index (χ2v) is 5.50. The van der Waals surface area contributed by atoms with E-state index in [1.807, 2.05) is 17.8 Å².